The molecule has 0 bridgehead atoms. The SMILES string of the molecule is B[SiH2]c1cc(N(C(C)C)C(C)C)c(N(C(C)C)C(C)C)c(C)c1C. The molecule has 0 saturated carbocycles. The quantitative estimate of drug-likeness (QED) is 0.701. The van der Waals surface area contributed by atoms with E-state index in [0.29, 0.717) is 24.2 Å². The van der Waals surface area contributed by atoms with Crippen molar-refractivity contribution in [2.45, 2.75) is 93.4 Å². The van der Waals surface area contributed by atoms with Crippen LogP contribution in [0, 0.1) is 13.8 Å². The van der Waals surface area contributed by atoms with Crippen LogP contribution in [0.3, 0.4) is 0 Å². The zero-order valence-electron chi connectivity index (χ0n) is 18.0. The van der Waals surface area contributed by atoms with Gasteiger partial charge in [0.05, 0.1) is 18.8 Å². The molecule has 1 aromatic carbocycles. The average molecular weight is 346 g/mol. The lowest BCUT2D eigenvalue weighted by molar-refractivity contribution is 0.586. The molecule has 0 aliphatic heterocycles. The maximum Gasteiger partial charge on any atom is 0.0948 e. The van der Waals surface area contributed by atoms with Gasteiger partial charge in [-0.25, -0.2) is 0 Å². The zero-order valence-corrected chi connectivity index (χ0v) is 19.4. The number of hydrogen-bond donors (Lipinski definition) is 0. The summed E-state index contributed by atoms with van der Waals surface area (Å²) >= 11 is 0. The van der Waals surface area contributed by atoms with E-state index in [2.05, 4.69) is 92.5 Å². The van der Waals surface area contributed by atoms with Crippen molar-refractivity contribution in [1.82, 2.24) is 0 Å². The minimum Gasteiger partial charge on any atom is -0.365 e. The van der Waals surface area contributed by atoms with Gasteiger partial charge in [0.25, 0.3) is 0 Å². The lowest BCUT2D eigenvalue weighted by Crippen LogP contribution is -2.43. The summed E-state index contributed by atoms with van der Waals surface area (Å²) in [5.74, 6) is 0. The highest BCUT2D eigenvalue weighted by Crippen LogP contribution is 2.38. The van der Waals surface area contributed by atoms with E-state index < -0.39 is 0 Å². The summed E-state index contributed by atoms with van der Waals surface area (Å²) in [6, 6.07) is 4.50. The summed E-state index contributed by atoms with van der Waals surface area (Å²) in [5.41, 5.74) is 5.88. The molecule has 0 amide bonds. The largest absolute Gasteiger partial charge is 0.365 e. The Kier molecular flexibility index (Phi) is 7.46. The van der Waals surface area contributed by atoms with E-state index in [0.717, 1.165) is 0 Å². The number of nitrogens with zero attached hydrogens (tertiary/aromatic N) is 2. The monoisotopic (exact) mass is 346 g/mol. The van der Waals surface area contributed by atoms with Gasteiger partial charge in [-0.3, -0.25) is 0 Å². The maximum atomic E-state index is 2.61. The van der Waals surface area contributed by atoms with Crippen LogP contribution in [0.25, 0.3) is 0 Å². The fourth-order valence-electron chi connectivity index (χ4n) is 4.11. The fraction of sp³-hybridized carbons (Fsp3) is 0.700. The third-order valence-electron chi connectivity index (χ3n) is 5.10. The average Bonchev–Trinajstić information content (AvgIpc) is 2.44. The predicted molar refractivity (Wildman–Crippen MR) is 118 cm³/mol. The minimum atomic E-state index is -0.186. The van der Waals surface area contributed by atoms with Crippen molar-refractivity contribution >= 4 is 33.4 Å². The molecule has 2 nitrogen and oxygen atoms in total. The standard InChI is InChI=1S/C20H39BN2Si/c1-12(2)22(13(3)4)18-11-19(24-21)16(9)17(10)20(18)23(14(5)6)15(7)8/h11-15H,21,24H2,1-10H3. The van der Waals surface area contributed by atoms with E-state index in [1.807, 2.05) is 0 Å². The summed E-state index contributed by atoms with van der Waals surface area (Å²) in [5, 5.41) is 1.62. The lowest BCUT2D eigenvalue weighted by Gasteiger charge is -2.42. The Hall–Kier alpha value is -0.898. The maximum absolute atomic E-state index is 2.61. The molecule has 4 heteroatoms. The Bertz CT molecular complexity index is 537. The smallest absolute Gasteiger partial charge is 0.0948 e. The van der Waals surface area contributed by atoms with Gasteiger partial charge in [0, 0.05) is 33.6 Å². The van der Waals surface area contributed by atoms with Gasteiger partial charge in [-0.05, 0) is 86.4 Å². The third-order valence-corrected chi connectivity index (χ3v) is 6.59. The molecule has 1 rings (SSSR count). The first kappa shape index (κ1) is 21.1. The van der Waals surface area contributed by atoms with E-state index in [4.69, 9.17) is 0 Å². The topological polar surface area (TPSA) is 6.48 Å². The first-order valence-corrected chi connectivity index (χ1v) is 11.9. The van der Waals surface area contributed by atoms with Gasteiger partial charge in [0.2, 0.25) is 0 Å². The first-order chi connectivity index (χ1) is 11.0. The van der Waals surface area contributed by atoms with Crippen LogP contribution >= 0.6 is 0 Å². The highest BCUT2D eigenvalue weighted by molar-refractivity contribution is 6.97. The van der Waals surface area contributed by atoms with Gasteiger partial charge >= 0.3 is 0 Å². The lowest BCUT2D eigenvalue weighted by atomic mass is 10.00. The normalized spacial score (nSPS) is 12.4. The Morgan fingerprint density at radius 1 is 0.750 bits per heavy atom. The molecule has 0 heterocycles. The molecule has 0 fully saturated rings. The molecule has 0 radical (unpaired) electrons. The first-order valence-electron chi connectivity index (χ1n) is 9.74. The summed E-state index contributed by atoms with van der Waals surface area (Å²) in [4.78, 5) is 5.21. The minimum absolute atomic E-state index is 0.186. The van der Waals surface area contributed by atoms with E-state index in [9.17, 15) is 0 Å². The molecular formula is C20H39BN2Si. The van der Waals surface area contributed by atoms with Crippen molar-refractivity contribution < 1.29 is 0 Å². The van der Waals surface area contributed by atoms with Crippen molar-refractivity contribution in [3.8, 4) is 0 Å². The van der Waals surface area contributed by atoms with E-state index in [1.165, 1.54) is 22.5 Å². The Morgan fingerprint density at radius 3 is 1.50 bits per heavy atom. The fourth-order valence-corrected chi connectivity index (χ4v) is 5.30. The third kappa shape index (κ3) is 4.19. The molecular weight excluding hydrogens is 307 g/mol. The van der Waals surface area contributed by atoms with Crippen molar-refractivity contribution in [1.29, 1.82) is 0 Å². The molecule has 0 aromatic heterocycles. The highest BCUT2D eigenvalue weighted by atomic mass is 28.2. The number of rotatable bonds is 7. The van der Waals surface area contributed by atoms with Crippen LogP contribution in [0.2, 0.25) is 0 Å². The second-order valence-electron chi connectivity index (χ2n) is 8.20. The van der Waals surface area contributed by atoms with Crippen molar-refractivity contribution in [2.24, 2.45) is 0 Å². The molecule has 0 N–H and O–H groups in total. The summed E-state index contributed by atoms with van der Waals surface area (Å²) in [6.45, 7) is 23.2. The summed E-state index contributed by atoms with van der Waals surface area (Å²) < 4.78 is 0. The number of benzene rings is 1. The highest BCUT2D eigenvalue weighted by Gasteiger charge is 2.26. The number of anilines is 2. The number of hydrogen-bond acceptors (Lipinski definition) is 2. The van der Waals surface area contributed by atoms with Crippen LogP contribution in [0.15, 0.2) is 6.07 Å². The second kappa shape index (κ2) is 8.46. The van der Waals surface area contributed by atoms with Crippen LogP contribution in [0.4, 0.5) is 11.4 Å². The molecule has 0 spiro atoms. The van der Waals surface area contributed by atoms with Crippen LogP contribution < -0.4 is 15.0 Å². The van der Waals surface area contributed by atoms with E-state index >= 15 is 0 Å². The summed E-state index contributed by atoms with van der Waals surface area (Å²) in [6.07, 6.45) is 0. The van der Waals surface area contributed by atoms with Crippen molar-refractivity contribution in [3.05, 3.63) is 17.2 Å². The van der Waals surface area contributed by atoms with Gasteiger partial charge < -0.3 is 9.80 Å². The molecule has 0 unspecified atom stereocenters. The van der Waals surface area contributed by atoms with Gasteiger partial charge in [-0.1, -0.05) is 5.19 Å². The van der Waals surface area contributed by atoms with Crippen molar-refractivity contribution in [3.63, 3.8) is 0 Å². The molecule has 136 valence electrons. The van der Waals surface area contributed by atoms with E-state index in [1.54, 1.807) is 5.19 Å². The predicted octanol–water partition coefficient (Wildman–Crippen LogP) is 2.89. The molecule has 0 atom stereocenters. The molecule has 0 aliphatic carbocycles. The van der Waals surface area contributed by atoms with Gasteiger partial charge in [-0.15, -0.1) is 0 Å². The van der Waals surface area contributed by atoms with Gasteiger partial charge in [-0.2, -0.15) is 0 Å². The van der Waals surface area contributed by atoms with Crippen LogP contribution in [-0.4, -0.2) is 41.0 Å². The Labute approximate surface area is 154 Å². The van der Waals surface area contributed by atoms with Crippen LogP contribution in [-0.2, 0) is 0 Å². The molecule has 0 saturated heterocycles. The summed E-state index contributed by atoms with van der Waals surface area (Å²) in [7, 11) is 2.22. The van der Waals surface area contributed by atoms with Gasteiger partial charge in [0.1, 0.15) is 0 Å². The van der Waals surface area contributed by atoms with Crippen molar-refractivity contribution in [2.75, 3.05) is 9.80 Å². The second-order valence-corrected chi connectivity index (χ2v) is 9.67. The Morgan fingerprint density at radius 2 is 1.17 bits per heavy atom. The van der Waals surface area contributed by atoms with Crippen LogP contribution in [0.1, 0.15) is 66.5 Å². The molecule has 24 heavy (non-hydrogen) atoms. The van der Waals surface area contributed by atoms with Crippen LogP contribution in [0.5, 0.6) is 0 Å². The van der Waals surface area contributed by atoms with Gasteiger partial charge in [0.15, 0.2) is 0 Å². The zero-order chi connectivity index (χ0) is 18.8. The molecule has 0 aliphatic rings. The molecule has 1 aromatic rings. The van der Waals surface area contributed by atoms with E-state index in [-0.39, 0.29) is 9.39 Å². The Balaban J connectivity index is 3.80.